The molecule has 0 aliphatic heterocycles. The number of hydrogen-bond donors (Lipinski definition) is 3. The molecule has 0 aliphatic carbocycles. The van der Waals surface area contributed by atoms with Gasteiger partial charge in [-0.15, -0.1) is 0 Å². The molecule has 1 rings (SSSR count). The van der Waals surface area contributed by atoms with E-state index in [4.69, 9.17) is 10.5 Å². The molecule has 7 heteroatoms. The number of ether oxygens (including phenoxy) is 1. The molecule has 0 saturated heterocycles. The first-order valence-corrected chi connectivity index (χ1v) is 7.57. The SMILES string of the molecule is COCCNS(=O)(=O)NCCC(N)c1ccccc1. The Labute approximate surface area is 114 Å². The van der Waals surface area contributed by atoms with Gasteiger partial charge < -0.3 is 10.5 Å². The van der Waals surface area contributed by atoms with Crippen LogP contribution in [0.15, 0.2) is 30.3 Å². The van der Waals surface area contributed by atoms with E-state index in [1.807, 2.05) is 30.3 Å². The summed E-state index contributed by atoms with van der Waals surface area (Å²) < 4.78 is 32.6. The van der Waals surface area contributed by atoms with Crippen LogP contribution in [0.4, 0.5) is 0 Å². The molecule has 1 unspecified atom stereocenters. The van der Waals surface area contributed by atoms with E-state index in [9.17, 15) is 8.42 Å². The van der Waals surface area contributed by atoms with Gasteiger partial charge in [-0.3, -0.25) is 0 Å². The number of hydrogen-bond acceptors (Lipinski definition) is 4. The maximum Gasteiger partial charge on any atom is 0.276 e. The van der Waals surface area contributed by atoms with Gasteiger partial charge in [0.2, 0.25) is 0 Å². The highest BCUT2D eigenvalue weighted by molar-refractivity contribution is 7.87. The Kier molecular flexibility index (Phi) is 6.96. The smallest absolute Gasteiger partial charge is 0.276 e. The largest absolute Gasteiger partial charge is 0.383 e. The van der Waals surface area contributed by atoms with Crippen LogP contribution in [0.5, 0.6) is 0 Å². The fourth-order valence-corrected chi connectivity index (χ4v) is 2.39. The average molecular weight is 287 g/mol. The summed E-state index contributed by atoms with van der Waals surface area (Å²) in [5.74, 6) is 0. The first-order valence-electron chi connectivity index (χ1n) is 6.09. The van der Waals surface area contributed by atoms with E-state index in [0.29, 0.717) is 19.6 Å². The number of rotatable bonds is 9. The van der Waals surface area contributed by atoms with Gasteiger partial charge >= 0.3 is 0 Å². The average Bonchev–Trinajstić information content (AvgIpc) is 2.39. The highest BCUT2D eigenvalue weighted by Gasteiger charge is 2.10. The predicted octanol–water partition coefficient (Wildman–Crippen LogP) is 0.147. The lowest BCUT2D eigenvalue weighted by molar-refractivity contribution is 0.204. The van der Waals surface area contributed by atoms with Crippen LogP contribution in [-0.2, 0) is 14.9 Å². The van der Waals surface area contributed by atoms with Gasteiger partial charge in [0.15, 0.2) is 0 Å². The molecule has 19 heavy (non-hydrogen) atoms. The Bertz CT molecular complexity index is 451. The molecule has 0 spiro atoms. The quantitative estimate of drug-likeness (QED) is 0.563. The molecule has 1 atom stereocenters. The summed E-state index contributed by atoms with van der Waals surface area (Å²) in [6.07, 6.45) is 0.537. The second-order valence-corrected chi connectivity index (χ2v) is 5.67. The molecule has 108 valence electrons. The van der Waals surface area contributed by atoms with Gasteiger partial charge in [-0.2, -0.15) is 13.1 Å². The number of nitrogens with two attached hydrogens (primary N) is 1. The highest BCUT2D eigenvalue weighted by Crippen LogP contribution is 2.12. The van der Waals surface area contributed by atoms with Crippen molar-refractivity contribution >= 4 is 10.2 Å². The van der Waals surface area contributed by atoms with Gasteiger partial charge in [-0.1, -0.05) is 30.3 Å². The summed E-state index contributed by atoms with van der Waals surface area (Å²) in [7, 11) is -1.95. The van der Waals surface area contributed by atoms with Crippen molar-refractivity contribution in [2.45, 2.75) is 12.5 Å². The lowest BCUT2D eigenvalue weighted by atomic mass is 10.1. The van der Waals surface area contributed by atoms with E-state index in [-0.39, 0.29) is 12.6 Å². The summed E-state index contributed by atoms with van der Waals surface area (Å²) in [5, 5.41) is 0. The van der Waals surface area contributed by atoms with Crippen LogP contribution in [0.2, 0.25) is 0 Å². The van der Waals surface area contributed by atoms with E-state index in [1.54, 1.807) is 0 Å². The van der Waals surface area contributed by atoms with Crippen LogP contribution in [-0.4, -0.2) is 35.2 Å². The minimum absolute atomic E-state index is 0.178. The molecule has 1 aromatic carbocycles. The molecule has 0 heterocycles. The lowest BCUT2D eigenvalue weighted by Gasteiger charge is -2.13. The summed E-state index contributed by atoms with van der Waals surface area (Å²) in [6, 6.07) is 9.41. The highest BCUT2D eigenvalue weighted by atomic mass is 32.2. The summed E-state index contributed by atoms with van der Waals surface area (Å²) >= 11 is 0. The molecule has 6 nitrogen and oxygen atoms in total. The van der Waals surface area contributed by atoms with E-state index >= 15 is 0 Å². The predicted molar refractivity (Wildman–Crippen MR) is 74.8 cm³/mol. The van der Waals surface area contributed by atoms with Crippen molar-refractivity contribution in [3.8, 4) is 0 Å². The lowest BCUT2D eigenvalue weighted by Crippen LogP contribution is -2.39. The van der Waals surface area contributed by atoms with E-state index in [2.05, 4.69) is 9.44 Å². The molecule has 0 fully saturated rings. The minimum Gasteiger partial charge on any atom is -0.383 e. The number of methoxy groups -OCH3 is 1. The molecular formula is C12H21N3O3S. The van der Waals surface area contributed by atoms with Crippen LogP contribution in [0.1, 0.15) is 18.0 Å². The Morgan fingerprint density at radius 2 is 1.84 bits per heavy atom. The van der Waals surface area contributed by atoms with Gasteiger partial charge in [-0.25, -0.2) is 4.72 Å². The Hall–Kier alpha value is -0.990. The summed E-state index contributed by atoms with van der Waals surface area (Å²) in [6.45, 7) is 0.874. The van der Waals surface area contributed by atoms with Crippen molar-refractivity contribution in [2.75, 3.05) is 26.8 Å². The third-order valence-corrected chi connectivity index (χ3v) is 3.74. The number of nitrogens with one attached hydrogen (secondary N) is 2. The zero-order valence-electron chi connectivity index (χ0n) is 11.0. The van der Waals surface area contributed by atoms with Crippen molar-refractivity contribution in [1.29, 1.82) is 0 Å². The molecule has 0 aliphatic rings. The standard InChI is InChI=1S/C12H21N3O3S/c1-18-10-9-15-19(16,17)14-8-7-12(13)11-5-3-2-4-6-11/h2-6,12,14-15H,7-10,13H2,1H3. The molecule has 0 radical (unpaired) electrons. The van der Waals surface area contributed by atoms with Gasteiger partial charge in [0, 0.05) is 26.2 Å². The second-order valence-electron chi connectivity index (χ2n) is 4.09. The van der Waals surface area contributed by atoms with Gasteiger partial charge in [0.1, 0.15) is 0 Å². The topological polar surface area (TPSA) is 93.4 Å². The first-order chi connectivity index (χ1) is 9.05. The van der Waals surface area contributed by atoms with Crippen LogP contribution < -0.4 is 15.2 Å². The maximum absolute atomic E-state index is 11.5. The van der Waals surface area contributed by atoms with Crippen molar-refractivity contribution < 1.29 is 13.2 Å². The molecule has 0 bridgehead atoms. The minimum atomic E-state index is -3.47. The summed E-state index contributed by atoms with van der Waals surface area (Å²) in [4.78, 5) is 0. The van der Waals surface area contributed by atoms with Crippen LogP contribution in [0.3, 0.4) is 0 Å². The Morgan fingerprint density at radius 3 is 2.47 bits per heavy atom. The molecule has 0 saturated carbocycles. The van der Waals surface area contributed by atoms with E-state index in [1.165, 1.54) is 7.11 Å². The normalized spacial score (nSPS) is 13.4. The third kappa shape index (κ3) is 6.65. The van der Waals surface area contributed by atoms with E-state index in [0.717, 1.165) is 5.56 Å². The van der Waals surface area contributed by atoms with Crippen LogP contribution >= 0.6 is 0 Å². The zero-order valence-corrected chi connectivity index (χ0v) is 11.8. The van der Waals surface area contributed by atoms with Gasteiger partial charge in [0.25, 0.3) is 10.2 Å². The zero-order chi connectivity index (χ0) is 14.1. The van der Waals surface area contributed by atoms with Gasteiger partial charge in [0.05, 0.1) is 6.61 Å². The molecule has 4 N–H and O–H groups in total. The second kappa shape index (κ2) is 8.23. The fraction of sp³-hybridized carbons (Fsp3) is 0.500. The number of benzene rings is 1. The van der Waals surface area contributed by atoms with Crippen molar-refractivity contribution in [2.24, 2.45) is 5.73 Å². The van der Waals surface area contributed by atoms with E-state index < -0.39 is 10.2 Å². The molecule has 0 aromatic heterocycles. The van der Waals surface area contributed by atoms with Crippen LogP contribution in [0, 0.1) is 0 Å². The van der Waals surface area contributed by atoms with Crippen LogP contribution in [0.25, 0.3) is 0 Å². The fourth-order valence-electron chi connectivity index (χ4n) is 1.54. The van der Waals surface area contributed by atoms with Crippen molar-refractivity contribution in [3.05, 3.63) is 35.9 Å². The van der Waals surface area contributed by atoms with Gasteiger partial charge in [-0.05, 0) is 12.0 Å². The Balaban J connectivity index is 2.30. The van der Waals surface area contributed by atoms with Crippen molar-refractivity contribution in [1.82, 2.24) is 9.44 Å². The molecular weight excluding hydrogens is 266 g/mol. The molecule has 1 aromatic rings. The maximum atomic E-state index is 11.5. The molecule has 0 amide bonds. The first kappa shape index (κ1) is 16.1. The third-order valence-electron chi connectivity index (χ3n) is 2.57. The van der Waals surface area contributed by atoms with Crippen molar-refractivity contribution in [3.63, 3.8) is 0 Å². The summed E-state index contributed by atoms with van der Waals surface area (Å²) in [5.41, 5.74) is 6.97. The Morgan fingerprint density at radius 1 is 1.21 bits per heavy atom. The monoisotopic (exact) mass is 287 g/mol.